The number of aliphatic imine (C=N–C) groups is 1. The van der Waals surface area contributed by atoms with E-state index in [4.69, 9.17) is 5.26 Å². The lowest BCUT2D eigenvalue weighted by atomic mass is 10.0. The third kappa shape index (κ3) is 7.36. The van der Waals surface area contributed by atoms with Crippen molar-refractivity contribution in [2.45, 2.75) is 46.5 Å². The van der Waals surface area contributed by atoms with E-state index in [9.17, 15) is 14.0 Å². The summed E-state index contributed by atoms with van der Waals surface area (Å²) in [6.45, 7) is 6.61. The minimum atomic E-state index is -0.424. The van der Waals surface area contributed by atoms with Gasteiger partial charge in [0, 0.05) is 53.3 Å². The summed E-state index contributed by atoms with van der Waals surface area (Å²) < 4.78 is 13.8. The molecule has 0 saturated heterocycles. The second-order valence-corrected chi connectivity index (χ2v) is 9.81. The summed E-state index contributed by atoms with van der Waals surface area (Å²) in [5.41, 5.74) is 5.66. The van der Waals surface area contributed by atoms with Gasteiger partial charge in [-0.3, -0.25) is 24.9 Å². The van der Waals surface area contributed by atoms with E-state index in [2.05, 4.69) is 36.2 Å². The third-order valence-corrected chi connectivity index (χ3v) is 6.73. The molecule has 4 rings (SSSR count). The number of rotatable bonds is 10. The van der Waals surface area contributed by atoms with Crippen molar-refractivity contribution in [3.05, 3.63) is 76.1 Å². The van der Waals surface area contributed by atoms with Gasteiger partial charge in [-0.05, 0) is 75.6 Å². The quantitative estimate of drug-likeness (QED) is 0.0606. The van der Waals surface area contributed by atoms with Crippen LogP contribution >= 0.6 is 0 Å². The van der Waals surface area contributed by atoms with Gasteiger partial charge >= 0.3 is 0 Å². The number of carbonyl (C=O) groups excluding carboxylic acids is 2. The standard InChI is InChI=1S/C30H33FN8O2/c1-18-14-22(10-13-33-18)38-30(36-17-32)35-12-7-5-4-6-11-34-29(41)27-19(2)26(37-20(27)3)16-24-23-15-21(31)8-9-25(23)39-28(24)40/h8-10,13-16,37H,4-7,11-12H2,1-3H3,(H,34,41)(H,39,40)(H2,33,35,36,38)/b24-16-. The summed E-state index contributed by atoms with van der Waals surface area (Å²) >= 11 is 0. The van der Waals surface area contributed by atoms with Gasteiger partial charge < -0.3 is 20.9 Å². The molecule has 0 radical (unpaired) electrons. The Morgan fingerprint density at radius 2 is 1.95 bits per heavy atom. The maximum Gasteiger partial charge on any atom is 0.256 e. The van der Waals surface area contributed by atoms with Gasteiger partial charge in [0.25, 0.3) is 11.8 Å². The van der Waals surface area contributed by atoms with E-state index in [1.165, 1.54) is 18.2 Å². The van der Waals surface area contributed by atoms with Crippen LogP contribution in [0, 0.1) is 38.0 Å². The maximum absolute atomic E-state index is 13.8. The monoisotopic (exact) mass is 556 g/mol. The zero-order valence-electron chi connectivity index (χ0n) is 23.3. The second-order valence-electron chi connectivity index (χ2n) is 9.81. The molecule has 1 aliphatic heterocycles. The van der Waals surface area contributed by atoms with Crippen LogP contribution in [0.3, 0.4) is 0 Å². The highest BCUT2D eigenvalue weighted by Gasteiger charge is 2.26. The molecule has 0 saturated carbocycles. The Balaban J connectivity index is 1.24. The third-order valence-electron chi connectivity index (χ3n) is 6.73. The van der Waals surface area contributed by atoms with Gasteiger partial charge in [-0.25, -0.2) is 4.39 Å². The number of benzene rings is 1. The Morgan fingerprint density at radius 3 is 2.73 bits per heavy atom. The Morgan fingerprint density at radius 1 is 1.15 bits per heavy atom. The van der Waals surface area contributed by atoms with Gasteiger partial charge in [-0.2, -0.15) is 5.26 Å². The van der Waals surface area contributed by atoms with E-state index in [-0.39, 0.29) is 11.8 Å². The predicted octanol–water partition coefficient (Wildman–Crippen LogP) is 4.80. The largest absolute Gasteiger partial charge is 0.358 e. The van der Waals surface area contributed by atoms with Gasteiger partial charge in [0.05, 0.1) is 11.1 Å². The molecule has 0 atom stereocenters. The van der Waals surface area contributed by atoms with Crippen LogP contribution in [0.2, 0.25) is 0 Å². The number of hydrogen-bond acceptors (Lipinski definition) is 5. The summed E-state index contributed by atoms with van der Waals surface area (Å²) in [6, 6.07) is 7.84. The van der Waals surface area contributed by atoms with Crippen molar-refractivity contribution in [1.29, 1.82) is 5.26 Å². The van der Waals surface area contributed by atoms with E-state index in [0.717, 1.165) is 42.6 Å². The molecule has 2 aromatic heterocycles. The maximum atomic E-state index is 13.8. The molecule has 5 N–H and O–H groups in total. The molecular formula is C30H33FN8O2. The molecule has 0 spiro atoms. The highest BCUT2D eigenvalue weighted by Crippen LogP contribution is 2.34. The van der Waals surface area contributed by atoms with Crippen LogP contribution in [-0.2, 0) is 4.79 Å². The molecule has 3 aromatic rings. The Kier molecular flexibility index (Phi) is 9.47. The molecule has 0 unspecified atom stereocenters. The Labute approximate surface area is 238 Å². The van der Waals surface area contributed by atoms with E-state index >= 15 is 0 Å². The Hall–Kier alpha value is -4.98. The van der Waals surface area contributed by atoms with Crippen LogP contribution in [-0.4, -0.2) is 40.8 Å². The molecule has 1 aromatic carbocycles. The molecule has 3 heterocycles. The number of halogens is 1. The van der Waals surface area contributed by atoms with Gasteiger partial charge in [0.2, 0.25) is 5.96 Å². The van der Waals surface area contributed by atoms with Crippen molar-refractivity contribution < 1.29 is 14.0 Å². The van der Waals surface area contributed by atoms with Crippen molar-refractivity contribution >= 4 is 40.8 Å². The van der Waals surface area contributed by atoms with Crippen LogP contribution < -0.4 is 21.3 Å². The van der Waals surface area contributed by atoms with Crippen molar-refractivity contribution in [3.8, 4) is 6.19 Å². The number of pyridine rings is 1. The first kappa shape index (κ1) is 29.0. The van der Waals surface area contributed by atoms with Crippen molar-refractivity contribution in [1.82, 2.24) is 20.6 Å². The number of aryl methyl sites for hydroxylation is 2. The summed E-state index contributed by atoms with van der Waals surface area (Å²) in [5.74, 6) is -0.529. The molecule has 0 aliphatic carbocycles. The SMILES string of the molecule is Cc1cc(NC(=NCCCCCCNC(=O)c2c(C)[nH]c(/C=C3\C(=O)Nc4ccc(F)cc43)c2C)NC#N)ccn1. The number of nitrogens with zero attached hydrogens (tertiary/aromatic N) is 3. The number of fused-ring (bicyclic) bond motifs is 1. The van der Waals surface area contributed by atoms with Crippen LogP contribution in [0.5, 0.6) is 0 Å². The minimum Gasteiger partial charge on any atom is -0.358 e. The van der Waals surface area contributed by atoms with E-state index < -0.39 is 5.82 Å². The molecule has 2 amide bonds. The fourth-order valence-electron chi connectivity index (χ4n) is 4.70. The first-order chi connectivity index (χ1) is 19.8. The van der Waals surface area contributed by atoms with Crippen LogP contribution in [0.4, 0.5) is 15.8 Å². The molecule has 212 valence electrons. The predicted molar refractivity (Wildman–Crippen MR) is 158 cm³/mol. The lowest BCUT2D eigenvalue weighted by molar-refractivity contribution is -0.110. The first-order valence-corrected chi connectivity index (χ1v) is 13.5. The molecule has 10 nitrogen and oxygen atoms in total. The topological polar surface area (TPSA) is 147 Å². The number of anilines is 2. The summed E-state index contributed by atoms with van der Waals surface area (Å²) in [6.07, 6.45) is 8.75. The second kappa shape index (κ2) is 13.4. The lowest BCUT2D eigenvalue weighted by Gasteiger charge is -2.08. The van der Waals surface area contributed by atoms with Crippen LogP contribution in [0.1, 0.15) is 64.2 Å². The number of nitrogens with one attached hydrogen (secondary N) is 5. The van der Waals surface area contributed by atoms with Gasteiger partial charge in [-0.15, -0.1) is 0 Å². The average Bonchev–Trinajstić information content (AvgIpc) is 3.39. The van der Waals surface area contributed by atoms with Gasteiger partial charge in [0.1, 0.15) is 5.82 Å². The fraction of sp³-hybridized carbons (Fsp3) is 0.300. The number of guanidine groups is 1. The summed E-state index contributed by atoms with van der Waals surface area (Å²) in [4.78, 5) is 37.2. The highest BCUT2D eigenvalue weighted by molar-refractivity contribution is 6.34. The van der Waals surface area contributed by atoms with Crippen LogP contribution in [0.15, 0.2) is 41.5 Å². The van der Waals surface area contributed by atoms with Crippen LogP contribution in [0.25, 0.3) is 11.6 Å². The number of carbonyl (C=O) groups is 2. The molecule has 11 heteroatoms. The van der Waals surface area contributed by atoms with Crippen molar-refractivity contribution in [2.24, 2.45) is 4.99 Å². The van der Waals surface area contributed by atoms with E-state index in [1.54, 1.807) is 18.3 Å². The smallest absolute Gasteiger partial charge is 0.256 e. The zero-order chi connectivity index (χ0) is 29.4. The molecule has 1 aliphatic rings. The zero-order valence-corrected chi connectivity index (χ0v) is 23.3. The Bertz CT molecular complexity index is 1550. The van der Waals surface area contributed by atoms with E-state index in [1.807, 2.05) is 33.0 Å². The molecule has 41 heavy (non-hydrogen) atoms. The summed E-state index contributed by atoms with van der Waals surface area (Å²) in [5, 5.41) is 20.4. The van der Waals surface area contributed by atoms with Gasteiger partial charge in [0.15, 0.2) is 6.19 Å². The van der Waals surface area contributed by atoms with Crippen molar-refractivity contribution in [3.63, 3.8) is 0 Å². The number of nitriles is 1. The fourth-order valence-corrected chi connectivity index (χ4v) is 4.70. The highest BCUT2D eigenvalue weighted by atomic mass is 19.1. The lowest BCUT2D eigenvalue weighted by Crippen LogP contribution is -2.27. The van der Waals surface area contributed by atoms with E-state index in [0.29, 0.717) is 52.8 Å². The molecule has 0 fully saturated rings. The first-order valence-electron chi connectivity index (χ1n) is 13.5. The normalized spacial score (nSPS) is 13.5. The number of aromatic nitrogens is 2. The number of aromatic amines is 1. The molecular weight excluding hydrogens is 523 g/mol. The van der Waals surface area contributed by atoms with Crippen molar-refractivity contribution in [2.75, 3.05) is 23.7 Å². The number of unbranched alkanes of at least 4 members (excludes halogenated alkanes) is 3. The van der Waals surface area contributed by atoms with Gasteiger partial charge in [-0.1, -0.05) is 12.8 Å². The molecule has 0 bridgehead atoms. The number of H-pyrrole nitrogens is 1. The summed E-state index contributed by atoms with van der Waals surface area (Å²) in [7, 11) is 0. The average molecular weight is 557 g/mol. The number of hydrogen-bond donors (Lipinski definition) is 5. The minimum absolute atomic E-state index is 0.183. The number of amides is 2.